The number of rotatable bonds is 3. The molecule has 2 aromatic heterocycles. The van der Waals surface area contributed by atoms with E-state index >= 15 is 0 Å². The molecule has 2 aromatic rings. The van der Waals surface area contributed by atoms with E-state index in [1.54, 1.807) is 17.9 Å². The van der Waals surface area contributed by atoms with Gasteiger partial charge >= 0.3 is 12.2 Å². The first-order valence-corrected chi connectivity index (χ1v) is 7.84. The molecule has 0 radical (unpaired) electrons. The summed E-state index contributed by atoms with van der Waals surface area (Å²) in [4.78, 5) is 13.8. The van der Waals surface area contributed by atoms with Crippen molar-refractivity contribution in [2.24, 2.45) is 13.0 Å². The Kier molecular flexibility index (Phi) is 4.81. The maximum atomic E-state index is 12.5. The van der Waals surface area contributed by atoms with E-state index in [1.807, 2.05) is 6.20 Å². The fourth-order valence-corrected chi connectivity index (χ4v) is 2.97. The second kappa shape index (κ2) is 6.90. The molecule has 1 saturated heterocycles. The van der Waals surface area contributed by atoms with Crippen molar-refractivity contribution < 1.29 is 23.1 Å². The number of halogens is 3. The number of carbonyl (C=O) groups excluding carboxylic acids is 1. The number of hydrogen-bond acceptors (Lipinski definition) is 5. The van der Waals surface area contributed by atoms with Gasteiger partial charge in [0.15, 0.2) is 11.5 Å². The number of urea groups is 1. The summed E-state index contributed by atoms with van der Waals surface area (Å²) in [5, 5.41) is 22.6. The van der Waals surface area contributed by atoms with Crippen LogP contribution in [0.1, 0.15) is 17.2 Å². The van der Waals surface area contributed by atoms with E-state index in [-0.39, 0.29) is 24.3 Å². The van der Waals surface area contributed by atoms with Crippen molar-refractivity contribution >= 4 is 11.8 Å². The number of alkyl halides is 3. The third-order valence-electron chi connectivity index (χ3n) is 4.31. The number of likely N-dealkylation sites (tertiary alicyclic amines) is 1. The summed E-state index contributed by atoms with van der Waals surface area (Å²) >= 11 is 0. The minimum atomic E-state index is -4.59. The topological polar surface area (TPSA) is 96.2 Å². The Morgan fingerprint density at radius 1 is 1.35 bits per heavy atom. The zero-order valence-corrected chi connectivity index (χ0v) is 13.8. The largest absolute Gasteiger partial charge is 0.435 e. The van der Waals surface area contributed by atoms with Gasteiger partial charge < -0.3 is 10.0 Å². The second-order valence-corrected chi connectivity index (χ2v) is 6.13. The Balaban J connectivity index is 1.66. The number of carbonyl (C=O) groups is 1. The molecule has 0 bridgehead atoms. The third-order valence-corrected chi connectivity index (χ3v) is 4.31. The van der Waals surface area contributed by atoms with Crippen molar-refractivity contribution in [3.8, 4) is 0 Å². The molecule has 2 atom stereocenters. The van der Waals surface area contributed by atoms with Crippen molar-refractivity contribution in [3.05, 3.63) is 35.8 Å². The SMILES string of the molecule is Cn1cc([C@@H]2CN(C(=O)Nc3ccc(C(F)(F)F)nn3)C[C@H]2CO)cn1. The summed E-state index contributed by atoms with van der Waals surface area (Å²) in [7, 11) is 1.78. The maximum absolute atomic E-state index is 12.5. The van der Waals surface area contributed by atoms with Crippen LogP contribution in [0.4, 0.5) is 23.8 Å². The van der Waals surface area contributed by atoms with E-state index in [2.05, 4.69) is 20.6 Å². The molecule has 1 aliphatic heterocycles. The van der Waals surface area contributed by atoms with Crippen LogP contribution in [0.2, 0.25) is 0 Å². The minimum absolute atomic E-state index is 0.0712. The highest BCUT2D eigenvalue weighted by molar-refractivity contribution is 5.88. The van der Waals surface area contributed by atoms with Gasteiger partial charge in [-0.3, -0.25) is 10.00 Å². The van der Waals surface area contributed by atoms with Gasteiger partial charge in [0.05, 0.1) is 6.20 Å². The van der Waals surface area contributed by atoms with Crippen molar-refractivity contribution in [1.29, 1.82) is 0 Å². The van der Waals surface area contributed by atoms with Gasteiger partial charge in [-0.1, -0.05) is 0 Å². The van der Waals surface area contributed by atoms with Crippen LogP contribution in [-0.4, -0.2) is 55.7 Å². The molecule has 1 fully saturated rings. The number of aromatic nitrogens is 4. The second-order valence-electron chi connectivity index (χ2n) is 6.13. The lowest BCUT2D eigenvalue weighted by atomic mass is 9.92. The van der Waals surface area contributed by atoms with E-state index in [9.17, 15) is 23.1 Å². The molecule has 11 heteroatoms. The van der Waals surface area contributed by atoms with Crippen LogP contribution >= 0.6 is 0 Å². The molecule has 2 amide bonds. The first kappa shape index (κ1) is 18.1. The lowest BCUT2D eigenvalue weighted by Crippen LogP contribution is -2.33. The highest BCUT2D eigenvalue weighted by Gasteiger charge is 2.37. The first-order chi connectivity index (χ1) is 12.3. The highest BCUT2D eigenvalue weighted by atomic mass is 19.4. The van der Waals surface area contributed by atoms with Crippen LogP contribution in [0.15, 0.2) is 24.5 Å². The van der Waals surface area contributed by atoms with Crippen molar-refractivity contribution in [2.45, 2.75) is 12.1 Å². The zero-order chi connectivity index (χ0) is 18.9. The van der Waals surface area contributed by atoms with Crippen molar-refractivity contribution in [2.75, 3.05) is 25.0 Å². The summed E-state index contributed by atoms with van der Waals surface area (Å²) in [5.74, 6) is -0.296. The number of nitrogens with one attached hydrogen (secondary N) is 1. The maximum Gasteiger partial charge on any atom is 0.435 e. The number of nitrogens with zero attached hydrogens (tertiary/aromatic N) is 5. The van der Waals surface area contributed by atoms with Crippen LogP contribution in [0, 0.1) is 5.92 Å². The molecule has 0 saturated carbocycles. The molecule has 0 unspecified atom stereocenters. The average Bonchev–Trinajstić information content (AvgIpc) is 3.20. The lowest BCUT2D eigenvalue weighted by molar-refractivity contribution is -0.141. The zero-order valence-electron chi connectivity index (χ0n) is 13.8. The minimum Gasteiger partial charge on any atom is -0.396 e. The van der Waals surface area contributed by atoms with Gasteiger partial charge in [-0.05, 0) is 17.7 Å². The lowest BCUT2D eigenvalue weighted by Gasteiger charge is -2.16. The predicted molar refractivity (Wildman–Crippen MR) is 84.2 cm³/mol. The van der Waals surface area contributed by atoms with Gasteiger partial charge in [0.1, 0.15) is 0 Å². The van der Waals surface area contributed by atoms with Crippen LogP contribution < -0.4 is 5.32 Å². The number of aryl methyl sites for hydroxylation is 1. The number of aliphatic hydroxyl groups is 1. The van der Waals surface area contributed by atoms with Gasteiger partial charge in [-0.25, -0.2) is 4.79 Å². The first-order valence-electron chi connectivity index (χ1n) is 7.84. The van der Waals surface area contributed by atoms with Gasteiger partial charge in [0.25, 0.3) is 0 Å². The molecule has 140 valence electrons. The number of aliphatic hydroxyl groups excluding tert-OH is 1. The molecule has 3 heterocycles. The molecule has 8 nitrogen and oxygen atoms in total. The Morgan fingerprint density at radius 2 is 2.12 bits per heavy atom. The number of hydrogen-bond donors (Lipinski definition) is 2. The smallest absolute Gasteiger partial charge is 0.396 e. The van der Waals surface area contributed by atoms with Gasteiger partial charge in [-0.2, -0.15) is 18.3 Å². The predicted octanol–water partition coefficient (Wildman–Crippen LogP) is 1.47. The molecule has 1 aliphatic rings. The highest BCUT2D eigenvalue weighted by Crippen LogP contribution is 2.32. The summed E-state index contributed by atoms with van der Waals surface area (Å²) in [6, 6.07) is 1.29. The summed E-state index contributed by atoms with van der Waals surface area (Å²) < 4.78 is 39.1. The molecule has 0 aliphatic carbocycles. The Bertz CT molecular complexity index is 776. The standard InChI is InChI=1S/C15H17F3N6O2/c1-23-5-9(4-19-23)11-7-24(6-10(11)8-25)14(26)20-13-3-2-12(21-22-13)15(16,17)18/h2-5,10-11,25H,6-8H2,1H3,(H,20,22,26)/t10-,11-/m0/s1. The summed E-state index contributed by atoms with van der Waals surface area (Å²) in [6.45, 7) is 0.580. The van der Waals surface area contributed by atoms with Gasteiger partial charge in [-0.15, -0.1) is 10.2 Å². The molecule has 3 rings (SSSR count). The molecular weight excluding hydrogens is 353 g/mol. The number of anilines is 1. The average molecular weight is 370 g/mol. The van der Waals surface area contributed by atoms with Crippen LogP contribution in [0.25, 0.3) is 0 Å². The van der Waals surface area contributed by atoms with Crippen LogP contribution in [0.5, 0.6) is 0 Å². The molecular formula is C15H17F3N6O2. The Morgan fingerprint density at radius 3 is 2.65 bits per heavy atom. The van der Waals surface area contributed by atoms with Crippen LogP contribution in [0.3, 0.4) is 0 Å². The van der Waals surface area contributed by atoms with Crippen molar-refractivity contribution in [1.82, 2.24) is 24.9 Å². The van der Waals surface area contributed by atoms with E-state index in [0.717, 1.165) is 17.7 Å². The molecule has 0 aromatic carbocycles. The van der Waals surface area contributed by atoms with E-state index in [1.165, 1.54) is 4.90 Å². The fraction of sp³-hybridized carbons (Fsp3) is 0.467. The van der Waals surface area contributed by atoms with Crippen LogP contribution in [-0.2, 0) is 13.2 Å². The van der Waals surface area contributed by atoms with Crippen molar-refractivity contribution in [3.63, 3.8) is 0 Å². The van der Waals surface area contributed by atoms with E-state index < -0.39 is 17.9 Å². The van der Waals surface area contributed by atoms with E-state index in [0.29, 0.717) is 13.1 Å². The monoisotopic (exact) mass is 370 g/mol. The summed E-state index contributed by atoms with van der Waals surface area (Å²) in [5.41, 5.74) is -0.218. The summed E-state index contributed by atoms with van der Waals surface area (Å²) in [6.07, 6.45) is -1.07. The fourth-order valence-electron chi connectivity index (χ4n) is 2.97. The number of amides is 2. The van der Waals surface area contributed by atoms with E-state index in [4.69, 9.17) is 0 Å². The normalized spacial score (nSPS) is 20.4. The van der Waals surface area contributed by atoms with Gasteiger partial charge in [0, 0.05) is 44.8 Å². The third kappa shape index (κ3) is 3.77. The Hall–Kier alpha value is -2.69. The molecule has 2 N–H and O–H groups in total. The molecule has 0 spiro atoms. The van der Waals surface area contributed by atoms with Gasteiger partial charge in [0.2, 0.25) is 0 Å². The Labute approximate surface area is 146 Å². The quantitative estimate of drug-likeness (QED) is 0.853. The molecule has 26 heavy (non-hydrogen) atoms.